The van der Waals surface area contributed by atoms with Crippen LogP contribution in [0.5, 0.6) is 5.75 Å². The van der Waals surface area contributed by atoms with Crippen LogP contribution < -0.4 is 15.4 Å². The van der Waals surface area contributed by atoms with Crippen molar-refractivity contribution in [2.24, 2.45) is 0 Å². The van der Waals surface area contributed by atoms with E-state index in [1.54, 1.807) is 6.08 Å². The van der Waals surface area contributed by atoms with Gasteiger partial charge in [0.15, 0.2) is 6.61 Å². The Balaban J connectivity index is 2.53. The number of hydrogen-bond acceptors (Lipinski definition) is 5. The largest absolute Gasteiger partial charge is 0.481 e. The second-order valence-electron chi connectivity index (χ2n) is 3.98. The van der Waals surface area contributed by atoms with Crippen LogP contribution in [-0.4, -0.2) is 32.1 Å². The second-order valence-corrected chi connectivity index (χ2v) is 3.98. The Kier molecular flexibility index (Phi) is 3.41. The Morgan fingerprint density at radius 1 is 1.63 bits per heavy atom. The molecule has 0 bridgehead atoms. The highest BCUT2D eigenvalue weighted by Crippen LogP contribution is 2.36. The van der Waals surface area contributed by atoms with Crippen molar-refractivity contribution in [1.82, 2.24) is 0 Å². The fraction of sp³-hybridized carbons (Fsp3) is 0.231. The molecule has 0 unspecified atom stereocenters. The minimum Gasteiger partial charge on any atom is -0.481 e. The summed E-state index contributed by atoms with van der Waals surface area (Å²) < 4.78 is 9.95. The van der Waals surface area contributed by atoms with Crippen LogP contribution in [0.15, 0.2) is 24.8 Å². The van der Waals surface area contributed by atoms with Crippen molar-refractivity contribution in [3.63, 3.8) is 0 Å². The summed E-state index contributed by atoms with van der Waals surface area (Å²) in [6.45, 7) is 3.88. The number of nitrogens with two attached hydrogens (primary N) is 1. The lowest BCUT2D eigenvalue weighted by atomic mass is 10.1. The van der Waals surface area contributed by atoms with Crippen LogP contribution in [0.25, 0.3) is 0 Å². The minimum atomic E-state index is -0.558. The average Bonchev–Trinajstić information content (AvgIpc) is 2.41. The van der Waals surface area contributed by atoms with Crippen LogP contribution >= 0.6 is 0 Å². The van der Waals surface area contributed by atoms with E-state index in [1.165, 1.54) is 24.1 Å². The molecule has 19 heavy (non-hydrogen) atoms. The monoisotopic (exact) mass is 262 g/mol. The smallest absolute Gasteiger partial charge is 0.340 e. The number of nitrogen functional groups attached to an aromatic ring is 1. The van der Waals surface area contributed by atoms with Gasteiger partial charge < -0.3 is 20.1 Å². The molecule has 1 aromatic rings. The van der Waals surface area contributed by atoms with Crippen LogP contribution in [-0.2, 0) is 9.53 Å². The molecule has 0 fully saturated rings. The first-order valence-electron chi connectivity index (χ1n) is 5.64. The van der Waals surface area contributed by atoms with E-state index >= 15 is 0 Å². The van der Waals surface area contributed by atoms with Gasteiger partial charge in [-0.25, -0.2) is 4.79 Å². The van der Waals surface area contributed by atoms with E-state index < -0.39 is 5.97 Å². The molecule has 0 atom stereocenters. The first-order chi connectivity index (χ1) is 9.08. The van der Waals surface area contributed by atoms with Gasteiger partial charge in [-0.05, 0) is 6.07 Å². The molecule has 6 heteroatoms. The summed E-state index contributed by atoms with van der Waals surface area (Å²) in [5, 5.41) is 0. The molecule has 1 amide bonds. The molecule has 6 nitrogen and oxygen atoms in total. The number of methoxy groups -OCH3 is 1. The molecule has 0 aromatic heterocycles. The number of esters is 1. The summed E-state index contributed by atoms with van der Waals surface area (Å²) in [4.78, 5) is 24.9. The van der Waals surface area contributed by atoms with Gasteiger partial charge in [0.25, 0.3) is 5.91 Å². The minimum absolute atomic E-state index is 0.0577. The Morgan fingerprint density at radius 2 is 2.37 bits per heavy atom. The standard InChI is InChI=1S/C13H14N2O4/c1-3-4-15-10-5-8(13(17)18-2)9(14)6-11(10)19-7-12(15)16/h3,5-6H,1,4,7,14H2,2H3. The van der Waals surface area contributed by atoms with Crippen LogP contribution in [0.1, 0.15) is 10.4 Å². The zero-order valence-electron chi connectivity index (χ0n) is 10.5. The summed E-state index contributed by atoms with van der Waals surface area (Å²) >= 11 is 0. The maximum absolute atomic E-state index is 11.8. The lowest BCUT2D eigenvalue weighted by molar-refractivity contribution is -0.121. The molecule has 1 aliphatic heterocycles. The third-order valence-electron chi connectivity index (χ3n) is 2.79. The molecule has 0 aliphatic carbocycles. The molecule has 2 N–H and O–H groups in total. The van der Waals surface area contributed by atoms with Crippen LogP contribution in [0, 0.1) is 0 Å². The average molecular weight is 262 g/mol. The van der Waals surface area contributed by atoms with Gasteiger partial charge in [-0.2, -0.15) is 0 Å². The molecule has 100 valence electrons. The summed E-state index contributed by atoms with van der Waals surface area (Å²) in [7, 11) is 1.27. The Morgan fingerprint density at radius 3 is 3.00 bits per heavy atom. The number of fused-ring (bicyclic) bond motifs is 1. The highest BCUT2D eigenvalue weighted by molar-refractivity contribution is 6.02. The number of benzene rings is 1. The maximum atomic E-state index is 11.8. The van der Waals surface area contributed by atoms with Gasteiger partial charge in [0.05, 0.1) is 18.4 Å². The van der Waals surface area contributed by atoms with E-state index in [4.69, 9.17) is 10.5 Å². The van der Waals surface area contributed by atoms with E-state index in [2.05, 4.69) is 11.3 Å². The van der Waals surface area contributed by atoms with Crippen molar-refractivity contribution in [2.75, 3.05) is 30.9 Å². The molecule has 1 aromatic carbocycles. The highest BCUT2D eigenvalue weighted by Gasteiger charge is 2.27. The second kappa shape index (κ2) is 5.01. The molecule has 0 spiro atoms. The molecule has 1 aliphatic rings. The van der Waals surface area contributed by atoms with E-state index in [-0.39, 0.29) is 23.8 Å². The fourth-order valence-electron chi connectivity index (χ4n) is 1.88. The predicted molar refractivity (Wildman–Crippen MR) is 70.2 cm³/mol. The zero-order valence-corrected chi connectivity index (χ0v) is 10.5. The van der Waals surface area contributed by atoms with Gasteiger partial charge in [0.2, 0.25) is 0 Å². The summed E-state index contributed by atoms with van der Waals surface area (Å²) in [5.74, 6) is -0.295. The van der Waals surface area contributed by atoms with E-state index in [9.17, 15) is 9.59 Å². The maximum Gasteiger partial charge on any atom is 0.340 e. The number of amides is 1. The van der Waals surface area contributed by atoms with E-state index in [1.807, 2.05) is 0 Å². The number of hydrogen-bond donors (Lipinski definition) is 1. The van der Waals surface area contributed by atoms with Crippen molar-refractivity contribution in [2.45, 2.75) is 0 Å². The van der Waals surface area contributed by atoms with Crippen molar-refractivity contribution >= 4 is 23.3 Å². The van der Waals surface area contributed by atoms with Gasteiger partial charge in [0.1, 0.15) is 5.75 Å². The number of carbonyl (C=O) groups excluding carboxylic acids is 2. The Labute approximate surface area is 110 Å². The van der Waals surface area contributed by atoms with Gasteiger partial charge in [-0.1, -0.05) is 6.08 Å². The number of carbonyl (C=O) groups is 2. The van der Waals surface area contributed by atoms with Crippen molar-refractivity contribution in [3.8, 4) is 5.75 Å². The highest BCUT2D eigenvalue weighted by atomic mass is 16.5. The molecular formula is C13H14N2O4. The third-order valence-corrected chi connectivity index (χ3v) is 2.79. The Hall–Kier alpha value is -2.50. The quantitative estimate of drug-likeness (QED) is 0.498. The summed E-state index contributed by atoms with van der Waals surface area (Å²) in [6, 6.07) is 3.02. The predicted octanol–water partition coefficient (Wildman–Crippen LogP) is 0.967. The molecule has 0 saturated carbocycles. The lowest BCUT2D eigenvalue weighted by Gasteiger charge is -2.29. The van der Waals surface area contributed by atoms with Gasteiger partial charge >= 0.3 is 5.97 Å². The summed E-state index contributed by atoms with van der Waals surface area (Å²) in [6.07, 6.45) is 1.60. The molecule has 0 saturated heterocycles. The van der Waals surface area contributed by atoms with Gasteiger partial charge in [0, 0.05) is 18.3 Å². The Bertz CT molecular complexity index is 554. The van der Waals surface area contributed by atoms with Crippen LogP contribution in [0.4, 0.5) is 11.4 Å². The number of nitrogens with zero attached hydrogens (tertiary/aromatic N) is 1. The third kappa shape index (κ3) is 2.24. The van der Waals surface area contributed by atoms with E-state index in [0.29, 0.717) is 18.0 Å². The zero-order chi connectivity index (χ0) is 14.0. The summed E-state index contributed by atoms with van der Waals surface area (Å²) in [5.41, 5.74) is 6.71. The SMILES string of the molecule is C=CCN1C(=O)COc2cc(N)c(C(=O)OC)cc21. The topological polar surface area (TPSA) is 81.9 Å². The normalized spacial score (nSPS) is 13.5. The first-order valence-corrected chi connectivity index (χ1v) is 5.64. The number of rotatable bonds is 3. The van der Waals surface area contributed by atoms with Crippen molar-refractivity contribution in [3.05, 3.63) is 30.4 Å². The molecular weight excluding hydrogens is 248 g/mol. The molecule has 0 radical (unpaired) electrons. The molecule has 2 rings (SSSR count). The van der Waals surface area contributed by atoms with E-state index in [0.717, 1.165) is 0 Å². The van der Waals surface area contributed by atoms with Gasteiger partial charge in [-0.15, -0.1) is 6.58 Å². The van der Waals surface area contributed by atoms with Crippen LogP contribution in [0.2, 0.25) is 0 Å². The number of ether oxygens (including phenoxy) is 2. The fourth-order valence-corrected chi connectivity index (χ4v) is 1.88. The lowest BCUT2D eigenvalue weighted by Crippen LogP contribution is -2.39. The van der Waals surface area contributed by atoms with Crippen molar-refractivity contribution < 1.29 is 19.1 Å². The molecule has 1 heterocycles. The number of anilines is 2. The first kappa shape index (κ1) is 12.9. The van der Waals surface area contributed by atoms with Crippen LogP contribution in [0.3, 0.4) is 0 Å². The van der Waals surface area contributed by atoms with Crippen molar-refractivity contribution in [1.29, 1.82) is 0 Å². The van der Waals surface area contributed by atoms with Gasteiger partial charge in [-0.3, -0.25) is 4.79 Å².